The van der Waals surface area contributed by atoms with Crippen LogP contribution in [0.15, 0.2) is 0 Å². The SMILES string of the molecule is CCCCC[C@H](C)O[C@@H]1O[C@H](CO[C@@H]2OC[C@](O)(CO)[C@H]2O)[C@@H](O)[C@H](O)[C@H]1O. The molecule has 10 heteroatoms. The van der Waals surface area contributed by atoms with Crippen LogP contribution in [0.1, 0.15) is 39.5 Å². The molecule has 0 amide bonds. The lowest BCUT2D eigenvalue weighted by Gasteiger charge is -2.41. The molecule has 0 saturated carbocycles. The number of ether oxygens (including phenoxy) is 4. The molecule has 2 aliphatic heterocycles. The molecule has 0 aromatic heterocycles. The maximum absolute atomic E-state index is 10.2. The summed E-state index contributed by atoms with van der Waals surface area (Å²) in [5, 5.41) is 59.5. The van der Waals surface area contributed by atoms with Crippen molar-refractivity contribution in [3.05, 3.63) is 0 Å². The van der Waals surface area contributed by atoms with E-state index in [2.05, 4.69) is 6.92 Å². The number of hydrogen-bond donors (Lipinski definition) is 6. The van der Waals surface area contributed by atoms with Crippen LogP contribution in [0, 0.1) is 0 Å². The first-order valence-corrected chi connectivity index (χ1v) is 9.83. The van der Waals surface area contributed by atoms with E-state index in [4.69, 9.17) is 24.1 Å². The van der Waals surface area contributed by atoms with Gasteiger partial charge in [-0.1, -0.05) is 26.2 Å². The minimum absolute atomic E-state index is 0.213. The molecule has 10 nitrogen and oxygen atoms in total. The molecule has 2 rings (SSSR count). The number of unbranched alkanes of at least 4 members (excludes halogenated alkanes) is 2. The monoisotopic (exact) mass is 410 g/mol. The van der Waals surface area contributed by atoms with Crippen LogP contribution in [0.5, 0.6) is 0 Å². The number of aliphatic hydroxyl groups is 6. The average Bonchev–Trinajstić information content (AvgIpc) is 2.96. The summed E-state index contributed by atoms with van der Waals surface area (Å²) >= 11 is 0. The first-order valence-electron chi connectivity index (χ1n) is 9.83. The first kappa shape index (κ1) is 23.9. The largest absolute Gasteiger partial charge is 0.393 e. The van der Waals surface area contributed by atoms with E-state index in [1.165, 1.54) is 0 Å². The van der Waals surface area contributed by atoms with Gasteiger partial charge in [-0.25, -0.2) is 0 Å². The van der Waals surface area contributed by atoms with Gasteiger partial charge in [0.05, 0.1) is 25.9 Å². The van der Waals surface area contributed by atoms with E-state index in [1.54, 1.807) is 0 Å². The van der Waals surface area contributed by atoms with E-state index in [0.717, 1.165) is 25.7 Å². The molecule has 2 saturated heterocycles. The molecule has 166 valence electrons. The Hall–Kier alpha value is -0.400. The van der Waals surface area contributed by atoms with Gasteiger partial charge in [0.2, 0.25) is 0 Å². The van der Waals surface area contributed by atoms with Gasteiger partial charge in [-0.15, -0.1) is 0 Å². The van der Waals surface area contributed by atoms with E-state index < -0.39 is 55.3 Å². The summed E-state index contributed by atoms with van der Waals surface area (Å²) in [6.45, 7) is 2.62. The standard InChI is InChI=1S/C18H34O10/c1-3-4-5-6-10(2)27-16-14(22)13(21)12(20)11(28-16)7-25-17-15(23)18(24,8-19)9-26-17/h10-17,19-24H,3-9H2,1-2H3/t10-,11+,12+,13-,14+,15-,16+,17+,18+/m0/s1. The lowest BCUT2D eigenvalue weighted by molar-refractivity contribution is -0.317. The summed E-state index contributed by atoms with van der Waals surface area (Å²) in [6.07, 6.45) is -5.64. The zero-order chi connectivity index (χ0) is 20.9. The zero-order valence-corrected chi connectivity index (χ0v) is 16.4. The summed E-state index contributed by atoms with van der Waals surface area (Å²) in [5.74, 6) is 0. The molecule has 0 radical (unpaired) electrons. The predicted octanol–water partition coefficient (Wildman–Crippen LogP) is -1.76. The molecule has 2 fully saturated rings. The molecular weight excluding hydrogens is 376 g/mol. The molecule has 0 bridgehead atoms. The lowest BCUT2D eigenvalue weighted by Crippen LogP contribution is -2.60. The van der Waals surface area contributed by atoms with E-state index in [-0.39, 0.29) is 19.3 Å². The normalized spacial score (nSPS) is 42.6. The molecule has 0 aromatic rings. The van der Waals surface area contributed by atoms with Crippen LogP contribution in [-0.2, 0) is 18.9 Å². The van der Waals surface area contributed by atoms with E-state index in [1.807, 2.05) is 6.92 Å². The Kier molecular flexibility index (Phi) is 9.02. The van der Waals surface area contributed by atoms with Crippen molar-refractivity contribution in [3.8, 4) is 0 Å². The van der Waals surface area contributed by atoms with Crippen molar-refractivity contribution < 1.29 is 49.6 Å². The van der Waals surface area contributed by atoms with Crippen LogP contribution in [0.4, 0.5) is 0 Å². The maximum Gasteiger partial charge on any atom is 0.186 e. The number of rotatable bonds is 10. The Labute approximate surface area is 164 Å². The minimum atomic E-state index is -1.83. The molecule has 6 N–H and O–H groups in total. The van der Waals surface area contributed by atoms with Gasteiger partial charge in [0, 0.05) is 0 Å². The van der Waals surface area contributed by atoms with Gasteiger partial charge >= 0.3 is 0 Å². The Balaban J connectivity index is 1.89. The van der Waals surface area contributed by atoms with Crippen LogP contribution < -0.4 is 0 Å². The summed E-state index contributed by atoms with van der Waals surface area (Å²) in [7, 11) is 0. The fourth-order valence-electron chi connectivity index (χ4n) is 3.27. The van der Waals surface area contributed by atoms with Crippen molar-refractivity contribution in [2.45, 2.75) is 94.3 Å². The second-order valence-electron chi connectivity index (χ2n) is 7.68. The van der Waals surface area contributed by atoms with Crippen LogP contribution in [0.25, 0.3) is 0 Å². The quantitative estimate of drug-likeness (QED) is 0.228. The third-order valence-corrected chi connectivity index (χ3v) is 5.25. The van der Waals surface area contributed by atoms with Crippen LogP contribution in [0.2, 0.25) is 0 Å². The smallest absolute Gasteiger partial charge is 0.186 e. The van der Waals surface area contributed by atoms with E-state index in [9.17, 15) is 25.5 Å². The Morgan fingerprint density at radius 2 is 1.79 bits per heavy atom. The van der Waals surface area contributed by atoms with Crippen molar-refractivity contribution in [2.24, 2.45) is 0 Å². The highest BCUT2D eigenvalue weighted by atomic mass is 16.7. The third kappa shape index (κ3) is 5.60. The van der Waals surface area contributed by atoms with Crippen molar-refractivity contribution in [1.29, 1.82) is 0 Å². The second-order valence-corrected chi connectivity index (χ2v) is 7.68. The van der Waals surface area contributed by atoms with Gasteiger partial charge in [-0.3, -0.25) is 0 Å². The van der Waals surface area contributed by atoms with Crippen LogP contribution >= 0.6 is 0 Å². The molecule has 2 aliphatic rings. The molecule has 28 heavy (non-hydrogen) atoms. The summed E-state index contributed by atoms with van der Waals surface area (Å²) in [4.78, 5) is 0. The van der Waals surface area contributed by atoms with Gasteiger partial charge < -0.3 is 49.6 Å². The molecule has 9 atom stereocenters. The predicted molar refractivity (Wildman–Crippen MR) is 95.1 cm³/mol. The first-order chi connectivity index (χ1) is 13.2. The highest BCUT2D eigenvalue weighted by Crippen LogP contribution is 2.28. The van der Waals surface area contributed by atoms with Crippen molar-refractivity contribution in [3.63, 3.8) is 0 Å². The fourth-order valence-corrected chi connectivity index (χ4v) is 3.27. The molecule has 0 unspecified atom stereocenters. The molecule has 0 aliphatic carbocycles. The van der Waals surface area contributed by atoms with Gasteiger partial charge in [0.15, 0.2) is 12.6 Å². The lowest BCUT2D eigenvalue weighted by atomic mass is 9.99. The highest BCUT2D eigenvalue weighted by Gasteiger charge is 2.50. The van der Waals surface area contributed by atoms with Crippen molar-refractivity contribution in [2.75, 3.05) is 19.8 Å². The van der Waals surface area contributed by atoms with Crippen LogP contribution in [-0.4, -0.2) is 105 Å². The fraction of sp³-hybridized carbons (Fsp3) is 1.00. The highest BCUT2D eigenvalue weighted by molar-refractivity contribution is 4.94. The zero-order valence-electron chi connectivity index (χ0n) is 16.4. The summed E-state index contributed by atoms with van der Waals surface area (Å²) in [5.41, 5.74) is -1.83. The average molecular weight is 410 g/mol. The van der Waals surface area contributed by atoms with Crippen LogP contribution in [0.3, 0.4) is 0 Å². The van der Waals surface area contributed by atoms with E-state index in [0.29, 0.717) is 0 Å². The Morgan fingerprint density at radius 3 is 2.39 bits per heavy atom. The molecule has 0 aromatic carbocycles. The van der Waals surface area contributed by atoms with Crippen molar-refractivity contribution in [1.82, 2.24) is 0 Å². The maximum atomic E-state index is 10.2. The van der Waals surface area contributed by atoms with Crippen molar-refractivity contribution >= 4 is 0 Å². The van der Waals surface area contributed by atoms with Gasteiger partial charge in [0.1, 0.15) is 36.1 Å². The number of hydrogen-bond acceptors (Lipinski definition) is 10. The summed E-state index contributed by atoms with van der Waals surface area (Å²) < 4.78 is 21.8. The summed E-state index contributed by atoms with van der Waals surface area (Å²) in [6, 6.07) is 0. The third-order valence-electron chi connectivity index (χ3n) is 5.25. The number of aliphatic hydroxyl groups excluding tert-OH is 5. The minimum Gasteiger partial charge on any atom is -0.393 e. The van der Waals surface area contributed by atoms with Gasteiger partial charge in [-0.05, 0) is 13.3 Å². The Bertz CT molecular complexity index is 466. The molecular formula is C18H34O10. The molecule has 0 spiro atoms. The van der Waals surface area contributed by atoms with Gasteiger partial charge in [-0.2, -0.15) is 0 Å². The molecule has 2 heterocycles. The Morgan fingerprint density at radius 1 is 1.07 bits per heavy atom. The van der Waals surface area contributed by atoms with Gasteiger partial charge in [0.25, 0.3) is 0 Å². The van der Waals surface area contributed by atoms with E-state index >= 15 is 0 Å². The second kappa shape index (κ2) is 10.6. The topological polar surface area (TPSA) is 158 Å².